The van der Waals surface area contributed by atoms with Crippen molar-refractivity contribution in [3.63, 3.8) is 0 Å². The second kappa shape index (κ2) is 7.28. The molecule has 2 nitrogen and oxygen atoms in total. The van der Waals surface area contributed by atoms with Gasteiger partial charge in [0.1, 0.15) is 0 Å². The van der Waals surface area contributed by atoms with Crippen LogP contribution >= 0.6 is 23.5 Å². The van der Waals surface area contributed by atoms with Crippen molar-refractivity contribution in [2.75, 3.05) is 18.1 Å². The maximum Gasteiger partial charge on any atom is 0.192 e. The first-order valence-corrected chi connectivity index (χ1v) is 13.4. The molecule has 1 spiro atoms. The SMILES string of the molecule is C=CCO[C@@H]1CC2(C[C@@H](O[Si](C)(C)C(C)(C)C)C1=C)SCCS2. The standard InChI is InChI=1S/C18H32O2S2Si/c1-8-9-19-15-12-18(21-10-11-22-18)13-16(14(15)2)20-23(6,7)17(3,4)5/h8,15-16H,1-2,9-13H2,3-7H3/t15-,16-/m1/s1. The highest BCUT2D eigenvalue weighted by molar-refractivity contribution is 8.21. The van der Waals surface area contributed by atoms with E-state index in [-0.39, 0.29) is 21.3 Å². The summed E-state index contributed by atoms with van der Waals surface area (Å²) in [6.45, 7) is 20.3. The molecule has 0 aromatic carbocycles. The van der Waals surface area contributed by atoms with Crippen LogP contribution in [0.3, 0.4) is 0 Å². The molecule has 1 saturated heterocycles. The molecule has 0 bridgehead atoms. The molecule has 132 valence electrons. The molecule has 2 rings (SSSR count). The lowest BCUT2D eigenvalue weighted by Crippen LogP contribution is -2.50. The normalized spacial score (nSPS) is 28.3. The van der Waals surface area contributed by atoms with E-state index >= 15 is 0 Å². The maximum atomic E-state index is 6.76. The van der Waals surface area contributed by atoms with Gasteiger partial charge in [0.05, 0.1) is 22.9 Å². The lowest BCUT2D eigenvalue weighted by molar-refractivity contribution is 0.0485. The van der Waals surface area contributed by atoms with Crippen molar-refractivity contribution in [1.82, 2.24) is 0 Å². The van der Waals surface area contributed by atoms with Crippen LogP contribution in [0.25, 0.3) is 0 Å². The van der Waals surface area contributed by atoms with E-state index < -0.39 is 8.32 Å². The Labute approximate surface area is 152 Å². The Kier molecular flexibility index (Phi) is 6.22. The second-order valence-corrected chi connectivity index (χ2v) is 16.0. The van der Waals surface area contributed by atoms with E-state index in [0.717, 1.165) is 18.4 Å². The maximum absolute atomic E-state index is 6.76. The van der Waals surface area contributed by atoms with Crippen LogP contribution in [0.2, 0.25) is 18.1 Å². The highest BCUT2D eigenvalue weighted by Gasteiger charge is 2.49. The predicted octanol–water partition coefficient (Wildman–Crippen LogP) is 5.47. The van der Waals surface area contributed by atoms with Crippen molar-refractivity contribution in [3.8, 4) is 0 Å². The van der Waals surface area contributed by atoms with Crippen molar-refractivity contribution in [3.05, 3.63) is 24.8 Å². The summed E-state index contributed by atoms with van der Waals surface area (Å²) in [6, 6.07) is 0. The van der Waals surface area contributed by atoms with Crippen LogP contribution in [0.15, 0.2) is 24.8 Å². The molecule has 1 heterocycles. The first-order chi connectivity index (χ1) is 10.6. The molecule has 1 aliphatic heterocycles. The van der Waals surface area contributed by atoms with E-state index in [9.17, 15) is 0 Å². The minimum Gasteiger partial charge on any atom is -0.410 e. The molecular weight excluding hydrogens is 340 g/mol. The first kappa shape index (κ1) is 19.6. The zero-order chi connectivity index (χ0) is 17.3. The van der Waals surface area contributed by atoms with Gasteiger partial charge in [-0.25, -0.2) is 0 Å². The van der Waals surface area contributed by atoms with Gasteiger partial charge in [0.2, 0.25) is 0 Å². The van der Waals surface area contributed by atoms with Gasteiger partial charge in [-0.1, -0.05) is 33.4 Å². The van der Waals surface area contributed by atoms with Crippen LogP contribution in [0.5, 0.6) is 0 Å². The summed E-state index contributed by atoms with van der Waals surface area (Å²) in [6.07, 6.45) is 4.16. The minimum atomic E-state index is -1.82. The van der Waals surface area contributed by atoms with Gasteiger partial charge in [-0.15, -0.1) is 30.1 Å². The van der Waals surface area contributed by atoms with Gasteiger partial charge in [0.15, 0.2) is 8.32 Å². The highest BCUT2D eigenvalue weighted by atomic mass is 32.2. The Balaban J connectivity index is 2.18. The summed E-state index contributed by atoms with van der Waals surface area (Å²) in [4.78, 5) is 0. The molecule has 2 fully saturated rings. The molecule has 5 heteroatoms. The fourth-order valence-corrected chi connectivity index (χ4v) is 7.47. The third-order valence-electron chi connectivity index (χ3n) is 5.29. The molecule has 1 aliphatic carbocycles. The smallest absolute Gasteiger partial charge is 0.192 e. The van der Waals surface area contributed by atoms with Gasteiger partial charge in [0.25, 0.3) is 0 Å². The molecule has 2 aliphatic rings. The fraction of sp³-hybridized carbons (Fsp3) is 0.778. The Morgan fingerprint density at radius 2 is 1.78 bits per heavy atom. The van der Waals surface area contributed by atoms with Crippen LogP contribution in [0.1, 0.15) is 33.6 Å². The molecule has 0 radical (unpaired) electrons. The molecule has 0 aromatic heterocycles. The van der Waals surface area contributed by atoms with Gasteiger partial charge in [-0.3, -0.25) is 0 Å². The number of hydrogen-bond donors (Lipinski definition) is 0. The number of thioether (sulfide) groups is 2. The fourth-order valence-electron chi connectivity index (χ4n) is 2.85. The highest BCUT2D eigenvalue weighted by Crippen LogP contribution is 2.55. The van der Waals surface area contributed by atoms with Crippen LogP contribution < -0.4 is 0 Å². The van der Waals surface area contributed by atoms with Crippen molar-refractivity contribution in [2.45, 2.75) is 68.0 Å². The Hall–Kier alpha value is 0.317. The zero-order valence-corrected chi connectivity index (χ0v) is 17.9. The summed E-state index contributed by atoms with van der Waals surface area (Å²) in [5.74, 6) is 2.47. The van der Waals surface area contributed by atoms with Crippen molar-refractivity contribution in [2.24, 2.45) is 0 Å². The molecule has 0 amide bonds. The van der Waals surface area contributed by atoms with Gasteiger partial charge in [0, 0.05) is 24.3 Å². The van der Waals surface area contributed by atoms with E-state index in [4.69, 9.17) is 9.16 Å². The van der Waals surface area contributed by atoms with Crippen LogP contribution in [-0.4, -0.2) is 42.7 Å². The summed E-state index contributed by atoms with van der Waals surface area (Å²) in [5, 5.41) is 0.214. The predicted molar refractivity (Wildman–Crippen MR) is 108 cm³/mol. The van der Waals surface area contributed by atoms with Gasteiger partial charge in [-0.05, 0) is 23.7 Å². The minimum absolute atomic E-state index is 0.0922. The van der Waals surface area contributed by atoms with Crippen molar-refractivity contribution in [1.29, 1.82) is 0 Å². The topological polar surface area (TPSA) is 18.5 Å². The average molecular weight is 373 g/mol. The zero-order valence-electron chi connectivity index (χ0n) is 15.3. The molecule has 0 aromatic rings. The van der Waals surface area contributed by atoms with E-state index in [1.807, 2.05) is 6.08 Å². The monoisotopic (exact) mass is 372 g/mol. The first-order valence-electron chi connectivity index (χ1n) is 8.47. The van der Waals surface area contributed by atoms with Crippen molar-refractivity contribution >= 4 is 31.8 Å². The third-order valence-corrected chi connectivity index (χ3v) is 13.3. The quantitative estimate of drug-likeness (QED) is 0.470. The molecule has 23 heavy (non-hydrogen) atoms. The molecular formula is C18H32O2S2Si. The summed E-state index contributed by atoms with van der Waals surface area (Å²) in [5.41, 5.74) is 1.13. The summed E-state index contributed by atoms with van der Waals surface area (Å²) in [7, 11) is -1.82. The Morgan fingerprint density at radius 1 is 1.22 bits per heavy atom. The molecule has 1 saturated carbocycles. The van der Waals surface area contributed by atoms with Gasteiger partial charge >= 0.3 is 0 Å². The van der Waals surface area contributed by atoms with Gasteiger partial charge in [-0.2, -0.15) is 0 Å². The summed E-state index contributed by atoms with van der Waals surface area (Å²) < 4.78 is 13.1. The second-order valence-electron chi connectivity index (χ2n) is 8.07. The number of rotatable bonds is 5. The van der Waals surface area contributed by atoms with Crippen LogP contribution in [0.4, 0.5) is 0 Å². The van der Waals surface area contributed by atoms with Gasteiger partial charge < -0.3 is 9.16 Å². The largest absolute Gasteiger partial charge is 0.410 e. The molecule has 2 atom stereocenters. The Bertz CT molecular complexity index is 450. The van der Waals surface area contributed by atoms with Crippen LogP contribution in [-0.2, 0) is 9.16 Å². The van der Waals surface area contributed by atoms with E-state index in [1.165, 1.54) is 11.5 Å². The Morgan fingerprint density at radius 3 is 2.30 bits per heavy atom. The number of ether oxygens (including phenoxy) is 1. The van der Waals surface area contributed by atoms with E-state index in [0.29, 0.717) is 6.61 Å². The van der Waals surface area contributed by atoms with Crippen LogP contribution in [0, 0.1) is 0 Å². The third kappa shape index (κ3) is 4.49. The molecule has 0 N–H and O–H groups in total. The van der Waals surface area contributed by atoms with E-state index in [1.54, 1.807) is 0 Å². The number of hydrogen-bond acceptors (Lipinski definition) is 4. The van der Waals surface area contributed by atoms with Crippen molar-refractivity contribution < 1.29 is 9.16 Å². The molecule has 0 unspecified atom stereocenters. The van der Waals surface area contributed by atoms with E-state index in [2.05, 4.69) is 70.5 Å². The summed E-state index contributed by atoms with van der Waals surface area (Å²) >= 11 is 4.19. The lowest BCUT2D eigenvalue weighted by atomic mass is 9.89. The average Bonchev–Trinajstić information content (AvgIpc) is 2.87. The lowest BCUT2D eigenvalue weighted by Gasteiger charge is -2.47.